The van der Waals surface area contributed by atoms with Crippen LogP contribution in [0.25, 0.3) is 0 Å². The molecule has 0 bridgehead atoms. The summed E-state index contributed by atoms with van der Waals surface area (Å²) in [7, 11) is 0. The molecule has 90 valence electrons. The number of benzene rings is 1. The summed E-state index contributed by atoms with van der Waals surface area (Å²) in [6.45, 7) is 8.23. The van der Waals surface area contributed by atoms with E-state index in [4.69, 9.17) is 0 Å². The molecular formula is C13H15BrN2O. The number of carbonyl (C=O) groups excluding carboxylic acids is 1. The molecule has 0 fully saturated rings. The van der Waals surface area contributed by atoms with Crippen molar-refractivity contribution in [1.29, 1.82) is 0 Å². The van der Waals surface area contributed by atoms with Gasteiger partial charge in [-0.2, -0.15) is 0 Å². The number of hydrogen-bond acceptors (Lipinski definition) is 1. The molecule has 0 heterocycles. The third-order valence-electron chi connectivity index (χ3n) is 2.08. The molecule has 0 unspecified atom stereocenters. The average Bonchev–Trinajstić information content (AvgIpc) is 2.32. The lowest BCUT2D eigenvalue weighted by molar-refractivity contribution is 0.222. The third kappa shape index (κ3) is 4.44. The van der Waals surface area contributed by atoms with E-state index in [9.17, 15) is 4.79 Å². The van der Waals surface area contributed by atoms with Crippen molar-refractivity contribution in [2.45, 2.75) is 0 Å². The SMILES string of the molecule is C=CCN(CC=C)C(=O)Nc1ccc(Br)cc1. The lowest BCUT2D eigenvalue weighted by atomic mass is 10.3. The van der Waals surface area contributed by atoms with Gasteiger partial charge >= 0.3 is 6.03 Å². The monoisotopic (exact) mass is 294 g/mol. The van der Waals surface area contributed by atoms with E-state index >= 15 is 0 Å². The largest absolute Gasteiger partial charge is 0.322 e. The third-order valence-corrected chi connectivity index (χ3v) is 2.61. The minimum absolute atomic E-state index is 0.160. The normalized spacial score (nSPS) is 9.47. The summed E-state index contributed by atoms with van der Waals surface area (Å²) in [4.78, 5) is 13.5. The highest BCUT2D eigenvalue weighted by atomic mass is 79.9. The number of carbonyl (C=O) groups is 1. The fourth-order valence-electron chi connectivity index (χ4n) is 1.29. The molecular weight excluding hydrogens is 280 g/mol. The predicted molar refractivity (Wildman–Crippen MR) is 75.1 cm³/mol. The van der Waals surface area contributed by atoms with Crippen molar-refractivity contribution in [3.63, 3.8) is 0 Å². The van der Waals surface area contributed by atoms with Crippen molar-refractivity contribution in [2.24, 2.45) is 0 Å². The van der Waals surface area contributed by atoms with Crippen molar-refractivity contribution in [1.82, 2.24) is 4.90 Å². The quantitative estimate of drug-likeness (QED) is 0.826. The van der Waals surface area contributed by atoms with E-state index in [1.807, 2.05) is 24.3 Å². The van der Waals surface area contributed by atoms with Crippen molar-refractivity contribution in [2.75, 3.05) is 18.4 Å². The van der Waals surface area contributed by atoms with E-state index in [-0.39, 0.29) is 6.03 Å². The van der Waals surface area contributed by atoms with Gasteiger partial charge in [-0.1, -0.05) is 28.1 Å². The molecule has 1 rings (SSSR count). The fourth-order valence-corrected chi connectivity index (χ4v) is 1.55. The highest BCUT2D eigenvalue weighted by Crippen LogP contribution is 2.14. The van der Waals surface area contributed by atoms with Gasteiger partial charge in [0.15, 0.2) is 0 Å². The van der Waals surface area contributed by atoms with Crippen LogP contribution in [-0.2, 0) is 0 Å². The minimum Gasteiger partial charge on any atom is -0.317 e. The van der Waals surface area contributed by atoms with Crippen molar-refractivity contribution >= 4 is 27.6 Å². The van der Waals surface area contributed by atoms with Gasteiger partial charge in [0.05, 0.1) is 0 Å². The summed E-state index contributed by atoms with van der Waals surface area (Å²) >= 11 is 3.34. The zero-order valence-electron chi connectivity index (χ0n) is 9.53. The van der Waals surface area contributed by atoms with Crippen molar-refractivity contribution < 1.29 is 4.79 Å². The first kappa shape index (κ1) is 13.5. The summed E-state index contributed by atoms with van der Waals surface area (Å²) < 4.78 is 0.976. The molecule has 0 radical (unpaired) electrons. The number of urea groups is 1. The molecule has 1 aromatic carbocycles. The van der Waals surface area contributed by atoms with Crippen LogP contribution in [0, 0.1) is 0 Å². The Morgan fingerprint density at radius 2 is 1.76 bits per heavy atom. The number of anilines is 1. The molecule has 3 nitrogen and oxygen atoms in total. The topological polar surface area (TPSA) is 32.3 Å². The predicted octanol–water partition coefficient (Wildman–Crippen LogP) is 3.66. The van der Waals surface area contributed by atoms with Crippen LogP contribution < -0.4 is 5.32 Å². The maximum Gasteiger partial charge on any atom is 0.322 e. The Hall–Kier alpha value is -1.55. The van der Waals surface area contributed by atoms with Crippen LogP contribution in [0.5, 0.6) is 0 Å². The van der Waals surface area contributed by atoms with Crippen molar-refractivity contribution in [3.05, 3.63) is 54.0 Å². The van der Waals surface area contributed by atoms with Gasteiger partial charge in [0.25, 0.3) is 0 Å². The highest BCUT2D eigenvalue weighted by Gasteiger charge is 2.09. The summed E-state index contributed by atoms with van der Waals surface area (Å²) in [5.74, 6) is 0. The molecule has 17 heavy (non-hydrogen) atoms. The molecule has 4 heteroatoms. The van der Waals surface area contributed by atoms with E-state index < -0.39 is 0 Å². The number of hydrogen-bond donors (Lipinski definition) is 1. The van der Waals surface area contributed by atoms with Crippen LogP contribution in [0.1, 0.15) is 0 Å². The number of rotatable bonds is 5. The van der Waals surface area contributed by atoms with Gasteiger partial charge in [0.2, 0.25) is 0 Å². The van der Waals surface area contributed by atoms with Crippen LogP contribution in [0.2, 0.25) is 0 Å². The molecule has 0 saturated heterocycles. The lowest BCUT2D eigenvalue weighted by Gasteiger charge is -2.19. The number of nitrogens with zero attached hydrogens (tertiary/aromatic N) is 1. The Morgan fingerprint density at radius 1 is 1.24 bits per heavy atom. The summed E-state index contributed by atoms with van der Waals surface area (Å²) in [5, 5.41) is 2.81. The Morgan fingerprint density at radius 3 is 2.24 bits per heavy atom. The van der Waals surface area contributed by atoms with E-state index in [1.54, 1.807) is 17.1 Å². The van der Waals surface area contributed by atoms with Crippen LogP contribution in [0.3, 0.4) is 0 Å². The van der Waals surface area contributed by atoms with Gasteiger partial charge in [0.1, 0.15) is 0 Å². The highest BCUT2D eigenvalue weighted by molar-refractivity contribution is 9.10. The van der Waals surface area contributed by atoms with Crippen LogP contribution in [0.15, 0.2) is 54.0 Å². The molecule has 1 N–H and O–H groups in total. The zero-order chi connectivity index (χ0) is 12.7. The van der Waals surface area contributed by atoms with E-state index in [1.165, 1.54) is 0 Å². The Kier molecular flexibility index (Phi) is 5.49. The van der Waals surface area contributed by atoms with Crippen molar-refractivity contribution in [3.8, 4) is 0 Å². The van der Waals surface area contributed by atoms with Crippen LogP contribution in [0.4, 0.5) is 10.5 Å². The van der Waals surface area contributed by atoms with E-state index in [2.05, 4.69) is 34.4 Å². The van der Waals surface area contributed by atoms with Gasteiger partial charge < -0.3 is 10.2 Å². The first-order valence-electron chi connectivity index (χ1n) is 5.20. The summed E-state index contributed by atoms with van der Waals surface area (Å²) in [6, 6.07) is 7.26. The maximum atomic E-state index is 11.9. The molecule has 0 aliphatic rings. The minimum atomic E-state index is -0.160. The maximum absolute atomic E-state index is 11.9. The second kappa shape index (κ2) is 6.91. The fraction of sp³-hybridized carbons (Fsp3) is 0.154. The van der Waals surface area contributed by atoms with E-state index in [0.29, 0.717) is 13.1 Å². The molecule has 2 amide bonds. The summed E-state index contributed by atoms with van der Waals surface area (Å²) in [5.41, 5.74) is 0.760. The Balaban J connectivity index is 2.65. The molecule has 0 spiro atoms. The van der Waals surface area contributed by atoms with Gasteiger partial charge in [-0.05, 0) is 24.3 Å². The molecule has 0 atom stereocenters. The van der Waals surface area contributed by atoms with Gasteiger partial charge in [0, 0.05) is 23.2 Å². The number of nitrogens with one attached hydrogen (secondary N) is 1. The van der Waals surface area contributed by atoms with Crippen LogP contribution >= 0.6 is 15.9 Å². The van der Waals surface area contributed by atoms with Gasteiger partial charge in [-0.3, -0.25) is 0 Å². The molecule has 0 aliphatic carbocycles. The lowest BCUT2D eigenvalue weighted by Crippen LogP contribution is -2.35. The first-order valence-corrected chi connectivity index (χ1v) is 6.00. The molecule has 0 aliphatic heterocycles. The molecule has 1 aromatic rings. The standard InChI is InChI=1S/C13H15BrN2O/c1-3-9-16(10-4-2)13(17)15-12-7-5-11(14)6-8-12/h3-8H,1-2,9-10H2,(H,15,17). The van der Waals surface area contributed by atoms with Gasteiger partial charge in [-0.15, -0.1) is 13.2 Å². The van der Waals surface area contributed by atoms with E-state index in [0.717, 1.165) is 10.2 Å². The molecule has 0 aromatic heterocycles. The summed E-state index contributed by atoms with van der Waals surface area (Å²) in [6.07, 6.45) is 3.37. The second-order valence-corrected chi connectivity index (χ2v) is 4.34. The first-order chi connectivity index (χ1) is 8.17. The Labute approximate surface area is 110 Å². The number of amides is 2. The average molecular weight is 295 g/mol. The van der Waals surface area contributed by atoms with Gasteiger partial charge in [-0.25, -0.2) is 4.79 Å². The molecule has 0 saturated carbocycles. The second-order valence-electron chi connectivity index (χ2n) is 3.42. The smallest absolute Gasteiger partial charge is 0.317 e. The van der Waals surface area contributed by atoms with Crippen LogP contribution in [-0.4, -0.2) is 24.0 Å². The number of halogens is 1. The zero-order valence-corrected chi connectivity index (χ0v) is 11.1. The Bertz CT molecular complexity index is 390.